The van der Waals surface area contributed by atoms with E-state index in [0.717, 1.165) is 17.7 Å². The summed E-state index contributed by atoms with van der Waals surface area (Å²) in [6.45, 7) is 4.69. The molecule has 1 aromatic rings. The minimum atomic E-state index is 0.0705. The zero-order valence-electron chi connectivity index (χ0n) is 11.5. The van der Waals surface area contributed by atoms with E-state index in [9.17, 15) is 4.79 Å². The lowest BCUT2D eigenvalue weighted by molar-refractivity contribution is -0.123. The van der Waals surface area contributed by atoms with Crippen molar-refractivity contribution in [2.75, 3.05) is 19.5 Å². The number of carbonyl (C=O) groups excluding carboxylic acids is 1. The van der Waals surface area contributed by atoms with Gasteiger partial charge in [0.1, 0.15) is 5.78 Å². The molecule has 0 spiro atoms. The number of ketones is 1. The SMILES string of the molecule is COCCC(C)C(=O)CC(C)c1ccc(N)cc1. The molecule has 3 heteroatoms. The largest absolute Gasteiger partial charge is 0.399 e. The van der Waals surface area contributed by atoms with Gasteiger partial charge in [0.05, 0.1) is 0 Å². The van der Waals surface area contributed by atoms with Crippen molar-refractivity contribution < 1.29 is 9.53 Å². The van der Waals surface area contributed by atoms with Crippen molar-refractivity contribution in [3.05, 3.63) is 29.8 Å². The van der Waals surface area contributed by atoms with E-state index in [4.69, 9.17) is 10.5 Å². The van der Waals surface area contributed by atoms with Gasteiger partial charge in [0.2, 0.25) is 0 Å². The second-order valence-corrected chi connectivity index (χ2v) is 4.92. The number of benzene rings is 1. The number of Topliss-reactive ketones (excluding diaryl/α,β-unsaturated/α-hetero) is 1. The third-order valence-electron chi connectivity index (χ3n) is 3.32. The number of nitrogen functional groups attached to an aromatic ring is 1. The van der Waals surface area contributed by atoms with Crippen LogP contribution in [0.2, 0.25) is 0 Å². The Bertz CT molecular complexity index is 373. The van der Waals surface area contributed by atoms with Crippen LogP contribution in [0.25, 0.3) is 0 Å². The maximum absolute atomic E-state index is 12.0. The van der Waals surface area contributed by atoms with Crippen LogP contribution >= 0.6 is 0 Å². The standard InChI is InChI=1S/C15H23NO2/c1-11(8-9-18-3)15(17)10-12(2)13-4-6-14(16)7-5-13/h4-7,11-12H,8-10,16H2,1-3H3. The van der Waals surface area contributed by atoms with Crippen LogP contribution in [0, 0.1) is 5.92 Å². The first-order valence-corrected chi connectivity index (χ1v) is 6.41. The Morgan fingerprint density at radius 2 is 1.89 bits per heavy atom. The highest BCUT2D eigenvalue weighted by molar-refractivity contribution is 5.81. The smallest absolute Gasteiger partial charge is 0.136 e. The minimum Gasteiger partial charge on any atom is -0.399 e. The molecule has 18 heavy (non-hydrogen) atoms. The zero-order chi connectivity index (χ0) is 13.5. The van der Waals surface area contributed by atoms with E-state index in [0.29, 0.717) is 18.8 Å². The number of ether oxygens (including phenoxy) is 1. The van der Waals surface area contributed by atoms with Crippen molar-refractivity contribution in [3.8, 4) is 0 Å². The summed E-state index contributed by atoms with van der Waals surface area (Å²) in [6.07, 6.45) is 1.37. The molecule has 0 amide bonds. The molecule has 1 aromatic carbocycles. The number of hydrogen-bond acceptors (Lipinski definition) is 3. The number of hydrogen-bond donors (Lipinski definition) is 1. The van der Waals surface area contributed by atoms with Gasteiger partial charge in [0, 0.05) is 31.7 Å². The molecule has 2 N–H and O–H groups in total. The first kappa shape index (κ1) is 14.7. The highest BCUT2D eigenvalue weighted by Crippen LogP contribution is 2.22. The quantitative estimate of drug-likeness (QED) is 0.756. The molecule has 2 unspecified atom stereocenters. The second kappa shape index (κ2) is 7.17. The molecular weight excluding hydrogens is 226 g/mol. The summed E-state index contributed by atoms with van der Waals surface area (Å²) >= 11 is 0. The molecule has 2 atom stereocenters. The predicted octanol–water partition coefficient (Wildman–Crippen LogP) is 3.00. The number of anilines is 1. The Labute approximate surface area is 109 Å². The number of methoxy groups -OCH3 is 1. The van der Waals surface area contributed by atoms with Crippen LogP contribution in [0.5, 0.6) is 0 Å². The van der Waals surface area contributed by atoms with Crippen molar-refractivity contribution in [3.63, 3.8) is 0 Å². The first-order chi connectivity index (χ1) is 8.54. The van der Waals surface area contributed by atoms with Crippen molar-refractivity contribution in [1.29, 1.82) is 0 Å². The Hall–Kier alpha value is -1.35. The molecule has 0 heterocycles. The minimum absolute atomic E-state index is 0.0705. The fourth-order valence-corrected chi connectivity index (χ4v) is 1.90. The van der Waals surface area contributed by atoms with Gasteiger partial charge in [-0.05, 0) is 30.0 Å². The number of carbonyl (C=O) groups is 1. The fourth-order valence-electron chi connectivity index (χ4n) is 1.90. The van der Waals surface area contributed by atoms with Gasteiger partial charge in [-0.3, -0.25) is 4.79 Å². The van der Waals surface area contributed by atoms with Crippen molar-refractivity contribution in [2.24, 2.45) is 5.92 Å². The number of nitrogens with two attached hydrogens (primary N) is 1. The average molecular weight is 249 g/mol. The summed E-state index contributed by atoms with van der Waals surface area (Å²) in [7, 11) is 1.66. The molecule has 100 valence electrons. The third-order valence-corrected chi connectivity index (χ3v) is 3.32. The van der Waals surface area contributed by atoms with Gasteiger partial charge in [0.15, 0.2) is 0 Å². The van der Waals surface area contributed by atoms with Crippen LogP contribution in [0.3, 0.4) is 0 Å². The van der Waals surface area contributed by atoms with Gasteiger partial charge in [-0.1, -0.05) is 26.0 Å². The summed E-state index contributed by atoms with van der Waals surface area (Å²) in [4.78, 5) is 12.0. The third kappa shape index (κ3) is 4.49. The molecule has 0 bridgehead atoms. The molecule has 0 saturated heterocycles. The summed E-state index contributed by atoms with van der Waals surface area (Å²) in [5, 5.41) is 0. The molecule has 0 aliphatic rings. The molecule has 3 nitrogen and oxygen atoms in total. The van der Waals surface area contributed by atoms with E-state index >= 15 is 0 Å². The molecule has 0 aliphatic heterocycles. The summed E-state index contributed by atoms with van der Waals surface area (Å²) < 4.78 is 5.00. The lowest BCUT2D eigenvalue weighted by Crippen LogP contribution is -2.15. The van der Waals surface area contributed by atoms with Crippen molar-refractivity contribution in [2.45, 2.75) is 32.6 Å². The summed E-state index contributed by atoms with van der Waals surface area (Å²) in [5.74, 6) is 0.612. The fraction of sp³-hybridized carbons (Fsp3) is 0.533. The molecular formula is C15H23NO2. The van der Waals surface area contributed by atoms with Crippen LogP contribution in [0.15, 0.2) is 24.3 Å². The van der Waals surface area contributed by atoms with E-state index < -0.39 is 0 Å². The molecule has 0 fully saturated rings. The lowest BCUT2D eigenvalue weighted by Gasteiger charge is -2.15. The van der Waals surface area contributed by atoms with Crippen LogP contribution in [0.4, 0.5) is 5.69 Å². The van der Waals surface area contributed by atoms with Gasteiger partial charge in [-0.2, -0.15) is 0 Å². The Balaban J connectivity index is 2.51. The molecule has 0 saturated carbocycles. The van der Waals surface area contributed by atoms with E-state index in [1.807, 2.05) is 31.2 Å². The second-order valence-electron chi connectivity index (χ2n) is 4.92. The van der Waals surface area contributed by atoms with Crippen LogP contribution < -0.4 is 5.73 Å². The Kier molecular flexibility index (Phi) is 5.86. The topological polar surface area (TPSA) is 52.3 Å². The monoisotopic (exact) mass is 249 g/mol. The lowest BCUT2D eigenvalue weighted by atomic mass is 9.90. The molecule has 1 rings (SSSR count). The van der Waals surface area contributed by atoms with Gasteiger partial charge in [0.25, 0.3) is 0 Å². The zero-order valence-corrected chi connectivity index (χ0v) is 11.5. The highest BCUT2D eigenvalue weighted by atomic mass is 16.5. The molecule has 0 aromatic heterocycles. The summed E-state index contributed by atoms with van der Waals surface area (Å²) in [6, 6.07) is 7.75. The number of rotatable bonds is 7. The Morgan fingerprint density at radius 3 is 2.44 bits per heavy atom. The molecule has 0 radical (unpaired) electrons. The van der Waals surface area contributed by atoms with E-state index in [2.05, 4.69) is 6.92 Å². The maximum atomic E-state index is 12.0. The van der Waals surface area contributed by atoms with Crippen LogP contribution in [0.1, 0.15) is 38.2 Å². The predicted molar refractivity (Wildman–Crippen MR) is 74.6 cm³/mol. The normalized spacial score (nSPS) is 14.2. The molecule has 0 aliphatic carbocycles. The van der Waals surface area contributed by atoms with Gasteiger partial charge in [-0.15, -0.1) is 0 Å². The summed E-state index contributed by atoms with van der Waals surface area (Å²) in [5.41, 5.74) is 7.57. The van der Waals surface area contributed by atoms with Crippen LogP contribution in [-0.4, -0.2) is 19.5 Å². The van der Waals surface area contributed by atoms with Gasteiger partial charge in [-0.25, -0.2) is 0 Å². The van der Waals surface area contributed by atoms with E-state index in [1.54, 1.807) is 7.11 Å². The van der Waals surface area contributed by atoms with Crippen molar-refractivity contribution in [1.82, 2.24) is 0 Å². The average Bonchev–Trinajstić information content (AvgIpc) is 2.36. The first-order valence-electron chi connectivity index (χ1n) is 6.41. The van der Waals surface area contributed by atoms with Gasteiger partial charge < -0.3 is 10.5 Å². The maximum Gasteiger partial charge on any atom is 0.136 e. The van der Waals surface area contributed by atoms with Crippen molar-refractivity contribution >= 4 is 11.5 Å². The van der Waals surface area contributed by atoms with Crippen LogP contribution in [-0.2, 0) is 9.53 Å². The van der Waals surface area contributed by atoms with Gasteiger partial charge >= 0.3 is 0 Å². The van der Waals surface area contributed by atoms with E-state index in [-0.39, 0.29) is 11.8 Å². The highest BCUT2D eigenvalue weighted by Gasteiger charge is 2.16. The Morgan fingerprint density at radius 1 is 1.28 bits per heavy atom. The van der Waals surface area contributed by atoms with E-state index in [1.165, 1.54) is 0 Å².